The van der Waals surface area contributed by atoms with E-state index in [9.17, 15) is 4.79 Å². The number of aryl methyl sites for hydroxylation is 2. The van der Waals surface area contributed by atoms with Crippen LogP contribution in [0.3, 0.4) is 0 Å². The van der Waals surface area contributed by atoms with E-state index in [1.807, 2.05) is 19.1 Å². The number of rotatable bonds is 1. The fraction of sp³-hybridized carbons (Fsp3) is 0.278. The van der Waals surface area contributed by atoms with Gasteiger partial charge in [-0.25, -0.2) is 0 Å². The van der Waals surface area contributed by atoms with Crippen molar-refractivity contribution < 1.29 is 14.3 Å². The normalized spacial score (nSPS) is 18.6. The Morgan fingerprint density at radius 3 is 2.52 bits per heavy atom. The van der Waals surface area contributed by atoms with Crippen molar-refractivity contribution in [2.75, 3.05) is 12.1 Å². The Kier molecular flexibility index (Phi) is 3.23. The van der Waals surface area contributed by atoms with Gasteiger partial charge in [-0.05, 0) is 48.2 Å². The average molecular weight is 330 g/mol. The molecule has 1 amide bonds. The Bertz CT molecular complexity index is 832. The third-order valence-corrected chi connectivity index (χ3v) is 4.90. The Balaban J connectivity index is 1.87. The number of halogens is 1. The summed E-state index contributed by atoms with van der Waals surface area (Å²) in [5, 5.41) is 3.56. The van der Waals surface area contributed by atoms with Crippen LogP contribution in [0.5, 0.6) is 11.5 Å². The fourth-order valence-corrected chi connectivity index (χ4v) is 3.49. The smallest absolute Gasteiger partial charge is 0.231 e. The molecule has 2 heterocycles. The molecule has 0 saturated carbocycles. The van der Waals surface area contributed by atoms with Gasteiger partial charge in [0.1, 0.15) is 0 Å². The summed E-state index contributed by atoms with van der Waals surface area (Å²) in [4.78, 5) is 12.1. The van der Waals surface area contributed by atoms with Gasteiger partial charge >= 0.3 is 0 Å². The molecule has 0 radical (unpaired) electrons. The molecular formula is C18H16ClNO3. The monoisotopic (exact) mass is 329 g/mol. The maximum atomic E-state index is 12.1. The first kappa shape index (κ1) is 14.4. The number of anilines is 1. The zero-order valence-corrected chi connectivity index (χ0v) is 13.7. The van der Waals surface area contributed by atoms with E-state index in [4.69, 9.17) is 21.1 Å². The van der Waals surface area contributed by atoms with E-state index in [0.717, 1.165) is 22.4 Å². The Hall–Kier alpha value is -2.20. The van der Waals surface area contributed by atoms with Gasteiger partial charge in [0.2, 0.25) is 12.7 Å². The van der Waals surface area contributed by atoms with Crippen molar-refractivity contribution in [2.45, 2.75) is 26.2 Å². The van der Waals surface area contributed by atoms with Crippen molar-refractivity contribution in [1.29, 1.82) is 0 Å². The lowest BCUT2D eigenvalue weighted by atomic mass is 9.83. The number of carbonyl (C=O) groups excluding carboxylic acids is 1. The Morgan fingerprint density at radius 1 is 1.04 bits per heavy atom. The number of carbonyl (C=O) groups is 1. The maximum Gasteiger partial charge on any atom is 0.231 e. The van der Waals surface area contributed by atoms with Crippen LogP contribution in [0.4, 0.5) is 5.69 Å². The van der Waals surface area contributed by atoms with Crippen LogP contribution >= 0.6 is 11.6 Å². The number of hydrogen-bond acceptors (Lipinski definition) is 3. The molecule has 0 spiro atoms. The summed E-state index contributed by atoms with van der Waals surface area (Å²) < 4.78 is 10.8. The number of amides is 1. The summed E-state index contributed by atoms with van der Waals surface area (Å²) >= 11 is 6.46. The molecule has 0 bridgehead atoms. The standard InChI is InChI=1S/C18H16ClNO3/c1-9-3-13-11(6-18(21)20-15(13)4-10(9)2)12-5-16-17(7-14(12)19)23-8-22-16/h3-5,7,11H,6,8H2,1-2H3,(H,20,21)/t11-/m1/s1. The highest BCUT2D eigenvalue weighted by Crippen LogP contribution is 2.45. The number of benzene rings is 2. The van der Waals surface area contributed by atoms with Gasteiger partial charge in [-0.2, -0.15) is 0 Å². The van der Waals surface area contributed by atoms with Crippen LogP contribution in [-0.4, -0.2) is 12.7 Å². The lowest BCUT2D eigenvalue weighted by Crippen LogP contribution is -2.24. The van der Waals surface area contributed by atoms with E-state index in [0.29, 0.717) is 22.9 Å². The molecule has 2 aromatic rings. The van der Waals surface area contributed by atoms with Crippen LogP contribution in [0.25, 0.3) is 0 Å². The van der Waals surface area contributed by atoms with Gasteiger partial charge in [-0.15, -0.1) is 0 Å². The van der Waals surface area contributed by atoms with Gasteiger partial charge in [0, 0.05) is 29.1 Å². The average Bonchev–Trinajstić information content (AvgIpc) is 2.94. The minimum absolute atomic E-state index is 0.000475. The van der Waals surface area contributed by atoms with Crippen molar-refractivity contribution >= 4 is 23.2 Å². The first-order chi connectivity index (χ1) is 11.0. The second-order valence-corrected chi connectivity index (χ2v) is 6.46. The summed E-state index contributed by atoms with van der Waals surface area (Å²) in [6.07, 6.45) is 0.370. The highest BCUT2D eigenvalue weighted by molar-refractivity contribution is 6.31. The van der Waals surface area contributed by atoms with Crippen LogP contribution in [0.15, 0.2) is 24.3 Å². The van der Waals surface area contributed by atoms with E-state index in [-0.39, 0.29) is 18.6 Å². The minimum atomic E-state index is -0.0833. The van der Waals surface area contributed by atoms with E-state index in [2.05, 4.69) is 18.3 Å². The zero-order valence-electron chi connectivity index (χ0n) is 12.9. The van der Waals surface area contributed by atoms with Crippen LogP contribution in [0.1, 0.15) is 34.6 Å². The van der Waals surface area contributed by atoms with Crippen LogP contribution in [0.2, 0.25) is 5.02 Å². The molecule has 4 rings (SSSR count). The second-order valence-electron chi connectivity index (χ2n) is 6.06. The van der Waals surface area contributed by atoms with E-state index < -0.39 is 0 Å². The molecule has 0 saturated heterocycles. The number of fused-ring (bicyclic) bond motifs is 2. The lowest BCUT2D eigenvalue weighted by molar-refractivity contribution is -0.116. The van der Waals surface area contributed by atoms with Gasteiger partial charge in [0.05, 0.1) is 0 Å². The van der Waals surface area contributed by atoms with Gasteiger partial charge in [-0.1, -0.05) is 17.7 Å². The number of ether oxygens (including phenoxy) is 2. The van der Waals surface area contributed by atoms with Crippen molar-refractivity contribution in [3.63, 3.8) is 0 Å². The summed E-state index contributed by atoms with van der Waals surface area (Å²) in [6, 6.07) is 7.82. The largest absolute Gasteiger partial charge is 0.454 e. The van der Waals surface area contributed by atoms with Crippen molar-refractivity contribution in [1.82, 2.24) is 0 Å². The van der Waals surface area contributed by atoms with Gasteiger partial charge < -0.3 is 14.8 Å². The number of hydrogen-bond donors (Lipinski definition) is 1. The highest BCUT2D eigenvalue weighted by Gasteiger charge is 2.30. The highest BCUT2D eigenvalue weighted by atomic mass is 35.5. The maximum absolute atomic E-state index is 12.1. The van der Waals surface area contributed by atoms with E-state index in [1.54, 1.807) is 6.07 Å². The van der Waals surface area contributed by atoms with Crippen molar-refractivity contribution in [3.05, 3.63) is 51.5 Å². The van der Waals surface area contributed by atoms with Crippen molar-refractivity contribution in [2.24, 2.45) is 0 Å². The summed E-state index contributed by atoms with van der Waals surface area (Å²) in [5.74, 6) is 1.25. The van der Waals surface area contributed by atoms with Crippen LogP contribution < -0.4 is 14.8 Å². The molecule has 2 aromatic carbocycles. The van der Waals surface area contributed by atoms with Gasteiger partial charge in [0.25, 0.3) is 0 Å². The van der Waals surface area contributed by atoms with Crippen LogP contribution in [0, 0.1) is 13.8 Å². The number of nitrogens with one attached hydrogen (secondary N) is 1. The Labute approximate surface area is 139 Å². The molecule has 0 unspecified atom stereocenters. The van der Waals surface area contributed by atoms with E-state index in [1.165, 1.54) is 5.56 Å². The molecule has 23 heavy (non-hydrogen) atoms. The molecular weight excluding hydrogens is 314 g/mol. The van der Waals surface area contributed by atoms with E-state index >= 15 is 0 Å². The predicted octanol–water partition coefficient (Wildman–Crippen LogP) is 4.16. The quantitative estimate of drug-likeness (QED) is 0.854. The zero-order chi connectivity index (χ0) is 16.1. The summed E-state index contributed by atoms with van der Waals surface area (Å²) in [6.45, 7) is 4.32. The molecule has 118 valence electrons. The minimum Gasteiger partial charge on any atom is -0.454 e. The molecule has 5 heteroatoms. The second kappa shape index (κ2) is 5.17. The topological polar surface area (TPSA) is 47.6 Å². The fourth-order valence-electron chi connectivity index (χ4n) is 3.21. The third kappa shape index (κ3) is 2.34. The molecule has 1 atom stereocenters. The molecule has 0 aliphatic carbocycles. The first-order valence-corrected chi connectivity index (χ1v) is 7.91. The molecule has 4 nitrogen and oxygen atoms in total. The SMILES string of the molecule is Cc1cc2c(cc1C)[C@@H](c1cc3c(cc1Cl)OCO3)CC(=O)N2. The summed E-state index contributed by atoms with van der Waals surface area (Å²) in [5.41, 5.74) is 5.20. The summed E-state index contributed by atoms with van der Waals surface area (Å²) in [7, 11) is 0. The van der Waals surface area contributed by atoms with Gasteiger partial charge in [0.15, 0.2) is 11.5 Å². The predicted molar refractivity (Wildman–Crippen MR) is 88.6 cm³/mol. The van der Waals surface area contributed by atoms with Gasteiger partial charge in [-0.3, -0.25) is 4.79 Å². The Morgan fingerprint density at radius 2 is 1.74 bits per heavy atom. The third-order valence-electron chi connectivity index (χ3n) is 4.57. The van der Waals surface area contributed by atoms with Crippen molar-refractivity contribution in [3.8, 4) is 11.5 Å². The lowest BCUT2D eigenvalue weighted by Gasteiger charge is -2.28. The first-order valence-electron chi connectivity index (χ1n) is 7.53. The van der Waals surface area contributed by atoms with Crippen LogP contribution in [-0.2, 0) is 4.79 Å². The molecule has 2 aliphatic rings. The molecule has 1 N–H and O–H groups in total. The molecule has 0 aromatic heterocycles. The molecule has 2 aliphatic heterocycles. The molecule has 0 fully saturated rings.